The monoisotopic (exact) mass is 250 g/mol. The van der Waals surface area contributed by atoms with Crippen molar-refractivity contribution >= 4 is 5.97 Å². The van der Waals surface area contributed by atoms with E-state index in [9.17, 15) is 4.79 Å². The highest BCUT2D eigenvalue weighted by atomic mass is 16.5. The first kappa shape index (κ1) is 12.7. The van der Waals surface area contributed by atoms with Crippen molar-refractivity contribution in [3.05, 3.63) is 23.8 Å². The van der Waals surface area contributed by atoms with Gasteiger partial charge in [0.25, 0.3) is 0 Å². The Balaban J connectivity index is 2.38. The molecule has 4 nitrogen and oxygen atoms in total. The first-order valence-electron chi connectivity index (χ1n) is 6.24. The van der Waals surface area contributed by atoms with Crippen LogP contribution in [0.3, 0.4) is 0 Å². The molecule has 0 aliphatic carbocycles. The molecule has 0 saturated carbocycles. The van der Waals surface area contributed by atoms with Crippen LogP contribution in [0, 0.1) is 0 Å². The summed E-state index contributed by atoms with van der Waals surface area (Å²) < 4.78 is 16.1. The molecule has 0 aromatic heterocycles. The number of carbonyl (C=O) groups is 1. The molecule has 1 atom stereocenters. The topological polar surface area (TPSA) is 44.8 Å². The zero-order valence-corrected chi connectivity index (χ0v) is 10.8. The van der Waals surface area contributed by atoms with Crippen LogP contribution < -0.4 is 9.47 Å². The number of para-hydroxylation sites is 1. The zero-order chi connectivity index (χ0) is 13.0. The number of rotatable bonds is 3. The SMILES string of the molecule is CCOC(=O)C1CCCOc2c(OC)cccc21. The van der Waals surface area contributed by atoms with Crippen LogP contribution in [0.2, 0.25) is 0 Å². The van der Waals surface area contributed by atoms with E-state index < -0.39 is 0 Å². The molecule has 4 heteroatoms. The molecule has 0 amide bonds. The number of hydrogen-bond donors (Lipinski definition) is 0. The van der Waals surface area contributed by atoms with Crippen molar-refractivity contribution < 1.29 is 19.0 Å². The Morgan fingerprint density at radius 2 is 2.33 bits per heavy atom. The first-order chi connectivity index (χ1) is 8.77. The van der Waals surface area contributed by atoms with Gasteiger partial charge >= 0.3 is 5.97 Å². The summed E-state index contributed by atoms with van der Waals surface area (Å²) in [5.74, 6) is 0.911. The molecule has 1 aliphatic rings. The van der Waals surface area contributed by atoms with Gasteiger partial charge in [0.1, 0.15) is 0 Å². The first-order valence-corrected chi connectivity index (χ1v) is 6.24. The smallest absolute Gasteiger partial charge is 0.313 e. The fraction of sp³-hybridized carbons (Fsp3) is 0.500. The molecule has 18 heavy (non-hydrogen) atoms. The van der Waals surface area contributed by atoms with E-state index in [0.29, 0.717) is 24.7 Å². The number of hydrogen-bond acceptors (Lipinski definition) is 4. The van der Waals surface area contributed by atoms with Gasteiger partial charge in [0.05, 0.1) is 26.2 Å². The lowest BCUT2D eigenvalue weighted by Gasteiger charge is -2.16. The third kappa shape index (κ3) is 2.42. The van der Waals surface area contributed by atoms with Gasteiger partial charge in [0, 0.05) is 5.56 Å². The molecule has 0 N–H and O–H groups in total. The third-order valence-electron chi connectivity index (χ3n) is 3.06. The van der Waals surface area contributed by atoms with E-state index in [4.69, 9.17) is 14.2 Å². The number of benzene rings is 1. The highest BCUT2D eigenvalue weighted by Gasteiger charge is 2.28. The maximum Gasteiger partial charge on any atom is 0.313 e. The summed E-state index contributed by atoms with van der Waals surface area (Å²) in [7, 11) is 1.60. The van der Waals surface area contributed by atoms with Gasteiger partial charge in [0.15, 0.2) is 11.5 Å². The van der Waals surface area contributed by atoms with Gasteiger partial charge in [-0.1, -0.05) is 12.1 Å². The summed E-state index contributed by atoms with van der Waals surface area (Å²) in [4.78, 5) is 12.0. The fourth-order valence-electron chi connectivity index (χ4n) is 2.23. The average Bonchev–Trinajstić information content (AvgIpc) is 2.60. The number of esters is 1. The minimum absolute atomic E-state index is 0.183. The number of fused-ring (bicyclic) bond motifs is 1. The standard InChI is InChI=1S/C14H18O4/c1-3-17-14(15)11-7-5-9-18-13-10(11)6-4-8-12(13)16-2/h4,6,8,11H,3,5,7,9H2,1-2H3. The van der Waals surface area contributed by atoms with Crippen LogP contribution in [0.1, 0.15) is 31.2 Å². The molecular formula is C14H18O4. The predicted molar refractivity (Wildman–Crippen MR) is 67.1 cm³/mol. The van der Waals surface area contributed by atoms with E-state index in [0.717, 1.165) is 18.4 Å². The van der Waals surface area contributed by atoms with Gasteiger partial charge < -0.3 is 14.2 Å². The molecular weight excluding hydrogens is 232 g/mol. The van der Waals surface area contributed by atoms with Gasteiger partial charge in [-0.15, -0.1) is 0 Å². The maximum absolute atomic E-state index is 12.0. The lowest BCUT2D eigenvalue weighted by Crippen LogP contribution is -2.15. The number of methoxy groups -OCH3 is 1. The minimum Gasteiger partial charge on any atom is -0.493 e. The van der Waals surface area contributed by atoms with Crippen LogP contribution in [0.4, 0.5) is 0 Å². The maximum atomic E-state index is 12.0. The molecule has 98 valence electrons. The van der Waals surface area contributed by atoms with E-state index >= 15 is 0 Å². The van der Waals surface area contributed by atoms with Gasteiger partial charge in [0.2, 0.25) is 0 Å². The van der Waals surface area contributed by atoms with E-state index in [1.54, 1.807) is 7.11 Å². The number of ether oxygens (including phenoxy) is 3. The van der Waals surface area contributed by atoms with Crippen LogP contribution >= 0.6 is 0 Å². The Morgan fingerprint density at radius 3 is 3.06 bits per heavy atom. The van der Waals surface area contributed by atoms with Gasteiger partial charge in [-0.25, -0.2) is 0 Å². The van der Waals surface area contributed by atoms with Crippen molar-refractivity contribution in [2.75, 3.05) is 20.3 Å². The molecule has 0 saturated heterocycles. The van der Waals surface area contributed by atoms with Gasteiger partial charge in [-0.3, -0.25) is 4.79 Å². The lowest BCUT2D eigenvalue weighted by molar-refractivity contribution is -0.145. The average molecular weight is 250 g/mol. The summed E-state index contributed by atoms with van der Waals surface area (Å²) in [5.41, 5.74) is 0.866. The Bertz CT molecular complexity index is 428. The van der Waals surface area contributed by atoms with Crippen molar-refractivity contribution in [3.63, 3.8) is 0 Å². The van der Waals surface area contributed by atoms with Crippen LogP contribution in [0.5, 0.6) is 11.5 Å². The van der Waals surface area contributed by atoms with Crippen LogP contribution in [0.15, 0.2) is 18.2 Å². The van der Waals surface area contributed by atoms with Crippen molar-refractivity contribution in [2.24, 2.45) is 0 Å². The Morgan fingerprint density at radius 1 is 1.50 bits per heavy atom. The minimum atomic E-state index is -0.252. The molecule has 0 radical (unpaired) electrons. The predicted octanol–water partition coefficient (Wildman–Crippen LogP) is 2.51. The van der Waals surface area contributed by atoms with Crippen LogP contribution in [-0.2, 0) is 9.53 Å². The molecule has 1 aliphatic heterocycles. The van der Waals surface area contributed by atoms with E-state index in [1.165, 1.54) is 0 Å². The van der Waals surface area contributed by atoms with Crippen LogP contribution in [-0.4, -0.2) is 26.3 Å². The Kier molecular flexibility index (Phi) is 4.07. The zero-order valence-electron chi connectivity index (χ0n) is 10.8. The summed E-state index contributed by atoms with van der Waals surface area (Å²) in [6, 6.07) is 5.62. The Hall–Kier alpha value is -1.71. The molecule has 1 aromatic carbocycles. The number of carbonyl (C=O) groups excluding carboxylic acids is 1. The molecule has 1 heterocycles. The molecule has 1 unspecified atom stereocenters. The summed E-state index contributed by atoms with van der Waals surface area (Å²) >= 11 is 0. The summed E-state index contributed by atoms with van der Waals surface area (Å²) in [5, 5.41) is 0. The molecule has 0 fully saturated rings. The Labute approximate surface area is 107 Å². The highest BCUT2D eigenvalue weighted by molar-refractivity contribution is 5.80. The normalized spacial score (nSPS) is 18.2. The van der Waals surface area contributed by atoms with E-state index in [1.807, 2.05) is 25.1 Å². The van der Waals surface area contributed by atoms with Crippen molar-refractivity contribution in [1.29, 1.82) is 0 Å². The van der Waals surface area contributed by atoms with Gasteiger partial charge in [-0.2, -0.15) is 0 Å². The van der Waals surface area contributed by atoms with Gasteiger partial charge in [-0.05, 0) is 25.8 Å². The van der Waals surface area contributed by atoms with E-state index in [2.05, 4.69) is 0 Å². The summed E-state index contributed by atoms with van der Waals surface area (Å²) in [6.07, 6.45) is 1.58. The fourth-order valence-corrected chi connectivity index (χ4v) is 2.23. The molecule has 0 spiro atoms. The molecule has 1 aromatic rings. The second-order valence-electron chi connectivity index (χ2n) is 4.17. The second kappa shape index (κ2) is 5.76. The van der Waals surface area contributed by atoms with Crippen molar-refractivity contribution in [3.8, 4) is 11.5 Å². The second-order valence-corrected chi connectivity index (χ2v) is 4.17. The van der Waals surface area contributed by atoms with Crippen LogP contribution in [0.25, 0.3) is 0 Å². The third-order valence-corrected chi connectivity index (χ3v) is 3.06. The van der Waals surface area contributed by atoms with Crippen molar-refractivity contribution in [1.82, 2.24) is 0 Å². The quantitative estimate of drug-likeness (QED) is 0.773. The molecule has 0 bridgehead atoms. The molecule has 2 rings (SSSR count). The largest absolute Gasteiger partial charge is 0.493 e. The lowest BCUT2D eigenvalue weighted by atomic mass is 9.94. The van der Waals surface area contributed by atoms with E-state index in [-0.39, 0.29) is 11.9 Å². The highest BCUT2D eigenvalue weighted by Crippen LogP contribution is 2.40. The summed E-state index contributed by atoms with van der Waals surface area (Å²) in [6.45, 7) is 2.82. The van der Waals surface area contributed by atoms with Crippen molar-refractivity contribution in [2.45, 2.75) is 25.7 Å².